The number of nitrogens with one attached hydrogen (secondary N) is 1. The normalized spacial score (nSPS) is 9.95. The van der Waals surface area contributed by atoms with E-state index in [1.54, 1.807) is 0 Å². The number of non-ortho nitro benzene ring substituents is 1. The quantitative estimate of drug-likeness (QED) is 0.471. The highest BCUT2D eigenvalue weighted by molar-refractivity contribution is 5.61. The van der Waals surface area contributed by atoms with Gasteiger partial charge < -0.3 is 10.2 Å². The van der Waals surface area contributed by atoms with Gasteiger partial charge in [-0.3, -0.25) is 20.2 Å². The van der Waals surface area contributed by atoms with Crippen molar-refractivity contribution in [3.8, 4) is 11.6 Å². The first kappa shape index (κ1) is 14.1. The Morgan fingerprint density at radius 3 is 2.57 bits per heavy atom. The fraction of sp³-hybridized carbons (Fsp3) is 0. The summed E-state index contributed by atoms with van der Waals surface area (Å²) in [5.41, 5.74) is 1.25. The highest BCUT2D eigenvalue weighted by atomic mass is 16.6. The smallest absolute Gasteiger partial charge is 0.374 e. The lowest BCUT2D eigenvalue weighted by atomic mass is 10.3. The Labute approximate surface area is 116 Å². The number of hydrogen-bond donors (Lipinski definition) is 2. The molecule has 0 saturated carbocycles. The molecule has 1 aromatic carbocycles. The molecule has 0 aliphatic rings. The number of anilines is 1. The van der Waals surface area contributed by atoms with E-state index in [1.807, 2.05) is 0 Å². The minimum atomic E-state index is -0.776. The van der Waals surface area contributed by atoms with Crippen LogP contribution in [0.15, 0.2) is 30.6 Å². The number of nitrogen functional groups attached to an aromatic ring is 1. The molecule has 0 spiro atoms. The Morgan fingerprint density at radius 1 is 1.19 bits per heavy atom. The fourth-order valence-electron chi connectivity index (χ4n) is 1.48. The lowest BCUT2D eigenvalue weighted by Gasteiger charge is -2.06. The number of hydrogen-bond acceptors (Lipinski definition) is 9. The summed E-state index contributed by atoms with van der Waals surface area (Å²) in [5, 5.41) is 21.7. The summed E-state index contributed by atoms with van der Waals surface area (Å²) in [6.07, 6.45) is 1.01. The summed E-state index contributed by atoms with van der Waals surface area (Å²) in [6.45, 7) is 0. The van der Waals surface area contributed by atoms with E-state index in [-0.39, 0.29) is 23.1 Å². The Kier molecular flexibility index (Phi) is 3.85. The van der Waals surface area contributed by atoms with Crippen LogP contribution >= 0.6 is 0 Å². The number of nitrogens with two attached hydrogens (primary N) is 1. The number of nitro groups is 2. The van der Waals surface area contributed by atoms with E-state index in [0.29, 0.717) is 0 Å². The summed E-state index contributed by atoms with van der Waals surface area (Å²) in [5.74, 6) is 4.52. The molecule has 2 aromatic rings. The summed E-state index contributed by atoms with van der Waals surface area (Å²) in [6, 6.07) is 5.15. The topological polar surface area (TPSA) is 159 Å². The molecule has 3 N–H and O–H groups in total. The van der Waals surface area contributed by atoms with Crippen molar-refractivity contribution in [1.29, 1.82) is 0 Å². The van der Waals surface area contributed by atoms with Gasteiger partial charge in [0.2, 0.25) is 5.82 Å². The number of aromatic nitrogens is 2. The molecule has 21 heavy (non-hydrogen) atoms. The van der Waals surface area contributed by atoms with E-state index < -0.39 is 15.5 Å². The molecule has 0 saturated heterocycles. The van der Waals surface area contributed by atoms with Crippen molar-refractivity contribution in [3.63, 3.8) is 0 Å². The van der Waals surface area contributed by atoms with Crippen LogP contribution in [-0.4, -0.2) is 19.8 Å². The Morgan fingerprint density at radius 2 is 1.95 bits per heavy atom. The fourth-order valence-corrected chi connectivity index (χ4v) is 1.48. The summed E-state index contributed by atoms with van der Waals surface area (Å²) >= 11 is 0. The third-order valence-electron chi connectivity index (χ3n) is 2.35. The van der Waals surface area contributed by atoms with Gasteiger partial charge in [-0.25, -0.2) is 10.8 Å². The number of nitrogens with zero attached hydrogens (tertiary/aromatic N) is 4. The molecule has 0 bridgehead atoms. The van der Waals surface area contributed by atoms with Crippen molar-refractivity contribution < 1.29 is 14.6 Å². The minimum absolute atomic E-state index is 0.0222. The van der Waals surface area contributed by atoms with Gasteiger partial charge in [-0.15, -0.1) is 0 Å². The molecule has 0 unspecified atom stereocenters. The zero-order chi connectivity index (χ0) is 15.4. The zero-order valence-corrected chi connectivity index (χ0v) is 10.3. The monoisotopic (exact) mass is 292 g/mol. The number of benzene rings is 1. The molecular weight excluding hydrogens is 284 g/mol. The van der Waals surface area contributed by atoms with Crippen molar-refractivity contribution in [2.45, 2.75) is 0 Å². The average Bonchev–Trinajstić information content (AvgIpc) is 2.46. The van der Waals surface area contributed by atoms with Gasteiger partial charge in [0.1, 0.15) is 12.1 Å². The van der Waals surface area contributed by atoms with Gasteiger partial charge in [0.05, 0.1) is 15.9 Å². The molecule has 0 amide bonds. The maximum atomic E-state index is 11.0. The predicted octanol–water partition coefficient (Wildman–Crippen LogP) is 1.37. The molecule has 0 fully saturated rings. The van der Waals surface area contributed by atoms with Crippen molar-refractivity contribution in [3.05, 3.63) is 50.8 Å². The average molecular weight is 292 g/mol. The predicted molar refractivity (Wildman–Crippen MR) is 69.7 cm³/mol. The molecule has 1 heterocycles. The highest BCUT2D eigenvalue weighted by Gasteiger charge is 2.24. The maximum Gasteiger partial charge on any atom is 0.374 e. The van der Waals surface area contributed by atoms with E-state index in [2.05, 4.69) is 15.4 Å². The van der Waals surface area contributed by atoms with Crippen molar-refractivity contribution in [1.82, 2.24) is 9.97 Å². The Balaban J connectivity index is 2.42. The van der Waals surface area contributed by atoms with Gasteiger partial charge in [0, 0.05) is 6.07 Å². The van der Waals surface area contributed by atoms with E-state index in [1.165, 1.54) is 18.2 Å². The van der Waals surface area contributed by atoms with Crippen LogP contribution in [0.3, 0.4) is 0 Å². The lowest BCUT2D eigenvalue weighted by Crippen LogP contribution is -2.12. The van der Waals surface area contributed by atoms with E-state index >= 15 is 0 Å². The van der Waals surface area contributed by atoms with Crippen LogP contribution in [-0.2, 0) is 0 Å². The summed E-state index contributed by atoms with van der Waals surface area (Å²) in [7, 11) is 0. The first-order valence-electron chi connectivity index (χ1n) is 5.41. The molecular formula is C10H8N6O5. The van der Waals surface area contributed by atoms with Gasteiger partial charge >= 0.3 is 11.6 Å². The summed E-state index contributed by atoms with van der Waals surface area (Å²) in [4.78, 5) is 27.5. The molecule has 1 aromatic heterocycles. The second-order valence-corrected chi connectivity index (χ2v) is 3.63. The van der Waals surface area contributed by atoms with Crippen LogP contribution in [0.4, 0.5) is 17.2 Å². The standard InChI is InChI=1S/C10H8N6O5/c11-14-9-8(16(19)20)10(13-5-12-9)21-7-3-1-2-6(4-7)15(17)18/h1-5H,11H2,(H,12,13,14). The van der Waals surface area contributed by atoms with Crippen LogP contribution in [0.1, 0.15) is 0 Å². The molecule has 0 atom stereocenters. The maximum absolute atomic E-state index is 11.0. The third-order valence-corrected chi connectivity index (χ3v) is 2.35. The van der Waals surface area contributed by atoms with Crippen molar-refractivity contribution in [2.24, 2.45) is 5.84 Å². The van der Waals surface area contributed by atoms with Gasteiger partial charge in [0.15, 0.2) is 0 Å². The van der Waals surface area contributed by atoms with Crippen LogP contribution in [0.25, 0.3) is 0 Å². The highest BCUT2D eigenvalue weighted by Crippen LogP contribution is 2.34. The first-order chi connectivity index (χ1) is 10.0. The second-order valence-electron chi connectivity index (χ2n) is 3.63. The zero-order valence-electron chi connectivity index (χ0n) is 10.3. The number of rotatable bonds is 5. The van der Waals surface area contributed by atoms with E-state index in [9.17, 15) is 20.2 Å². The number of nitro benzene ring substituents is 1. The molecule has 0 radical (unpaired) electrons. The second kappa shape index (κ2) is 5.75. The first-order valence-corrected chi connectivity index (χ1v) is 5.41. The number of hydrazine groups is 1. The molecule has 0 aliphatic heterocycles. The van der Waals surface area contributed by atoms with E-state index in [4.69, 9.17) is 10.6 Å². The SMILES string of the molecule is NNc1ncnc(Oc2cccc([N+](=O)[O-])c2)c1[N+](=O)[O-]. The van der Waals surface area contributed by atoms with Crippen LogP contribution in [0.2, 0.25) is 0 Å². The van der Waals surface area contributed by atoms with Crippen molar-refractivity contribution in [2.75, 3.05) is 5.43 Å². The molecule has 0 aliphatic carbocycles. The molecule has 11 nitrogen and oxygen atoms in total. The van der Waals surface area contributed by atoms with Crippen LogP contribution in [0, 0.1) is 20.2 Å². The van der Waals surface area contributed by atoms with E-state index in [0.717, 1.165) is 12.4 Å². The van der Waals surface area contributed by atoms with Crippen LogP contribution in [0.5, 0.6) is 11.6 Å². The largest absolute Gasteiger partial charge is 0.433 e. The van der Waals surface area contributed by atoms with Crippen LogP contribution < -0.4 is 16.0 Å². The molecule has 2 rings (SSSR count). The van der Waals surface area contributed by atoms with Gasteiger partial charge in [0.25, 0.3) is 5.69 Å². The van der Waals surface area contributed by atoms with Gasteiger partial charge in [-0.2, -0.15) is 4.98 Å². The molecule has 108 valence electrons. The Hall–Kier alpha value is -3.34. The molecule has 11 heteroatoms. The Bertz CT molecular complexity index is 706. The van der Waals surface area contributed by atoms with Gasteiger partial charge in [-0.1, -0.05) is 6.07 Å². The van der Waals surface area contributed by atoms with Crippen molar-refractivity contribution >= 4 is 17.2 Å². The third kappa shape index (κ3) is 2.98. The lowest BCUT2D eigenvalue weighted by molar-refractivity contribution is -0.385. The van der Waals surface area contributed by atoms with Gasteiger partial charge in [-0.05, 0) is 6.07 Å². The number of ether oxygens (including phenoxy) is 1. The minimum Gasteiger partial charge on any atom is -0.433 e. The summed E-state index contributed by atoms with van der Waals surface area (Å²) < 4.78 is 5.21.